The summed E-state index contributed by atoms with van der Waals surface area (Å²) in [6.07, 6.45) is -2.22. The Bertz CT molecular complexity index is 1070. The number of methoxy groups -OCH3 is 1. The number of aliphatic hydroxyl groups excluding tert-OH is 3. The van der Waals surface area contributed by atoms with Crippen molar-refractivity contribution in [3.05, 3.63) is 0 Å². The van der Waals surface area contributed by atoms with E-state index in [2.05, 4.69) is 42.5 Å². The first-order valence-electron chi connectivity index (χ1n) is 14.8. The van der Waals surface area contributed by atoms with Crippen molar-refractivity contribution >= 4 is 47.3 Å². The third kappa shape index (κ3) is 20.8. The fraction of sp³-hybridized carbons (Fsp3) is 0.704. The van der Waals surface area contributed by atoms with E-state index in [1.54, 1.807) is 0 Å². The van der Waals surface area contributed by atoms with Gasteiger partial charge in [-0.05, 0) is 0 Å². The van der Waals surface area contributed by atoms with E-state index in [0.29, 0.717) is 0 Å². The summed E-state index contributed by atoms with van der Waals surface area (Å²) in [5, 5.41) is 45.8. The molecule has 0 rings (SSSR count). The van der Waals surface area contributed by atoms with Crippen LogP contribution in [0.2, 0.25) is 0 Å². The van der Waals surface area contributed by atoms with Gasteiger partial charge in [0.15, 0.2) is 0 Å². The molecule has 20 nitrogen and oxygen atoms in total. The Hall–Kier alpha value is -3.30. The molecule has 0 heterocycles. The normalized spacial score (nSPS) is 12.8. The maximum Gasteiger partial charge on any atom is 0.243 e. The van der Waals surface area contributed by atoms with Crippen molar-refractivity contribution < 1.29 is 91.1 Å². The van der Waals surface area contributed by atoms with Crippen molar-refractivity contribution in [2.24, 2.45) is 5.92 Å². The van der Waals surface area contributed by atoms with Crippen LogP contribution in [0, 0.1) is 5.92 Å². The van der Waals surface area contributed by atoms with Crippen LogP contribution in [0.5, 0.6) is 0 Å². The summed E-state index contributed by atoms with van der Waals surface area (Å²) in [6.45, 7) is -0.00461. The number of nitrogens with one attached hydrogen (secondary N) is 8. The molecule has 271 valence electrons. The van der Waals surface area contributed by atoms with Gasteiger partial charge in [0.2, 0.25) is 47.3 Å². The minimum absolute atomic E-state index is 0. The maximum atomic E-state index is 13.2. The van der Waals surface area contributed by atoms with E-state index >= 15 is 0 Å². The van der Waals surface area contributed by atoms with Crippen LogP contribution >= 0.6 is 0 Å². The van der Waals surface area contributed by atoms with Gasteiger partial charge in [0.25, 0.3) is 0 Å². The van der Waals surface area contributed by atoms with Crippen LogP contribution in [0.3, 0.4) is 0 Å². The molecule has 0 aliphatic heterocycles. The average molecular weight is 766 g/mol. The molecular weight excluding hydrogens is 717 g/mol. The largest absolute Gasteiger partial charge is 0.395 e. The molecule has 0 aliphatic rings. The number of carbonyl (C=O) groups is 8. The number of hydrogen-bond acceptors (Lipinski definition) is 12. The van der Waals surface area contributed by atoms with Gasteiger partial charge in [0, 0.05) is 85.4 Å². The van der Waals surface area contributed by atoms with E-state index in [9.17, 15) is 38.4 Å². The minimum Gasteiger partial charge on any atom is -0.395 e. The van der Waals surface area contributed by atoms with E-state index in [1.807, 2.05) is 0 Å². The molecule has 0 aliphatic carbocycles. The smallest absolute Gasteiger partial charge is 0.243 e. The minimum atomic E-state index is -1.66. The Morgan fingerprint density at radius 3 is 1.46 bits per heavy atom. The SMILES string of the molecule is CNC(=O)CC(NC(=O)C(CC(=O)NCCO)NC(=O)CC(NC(=O)C(C)CC(=O)NCCOC)C(=O)NCCO)C(=O)NCCO.[Y]. The maximum absolute atomic E-state index is 13.2. The quantitative estimate of drug-likeness (QED) is 0.0409. The molecule has 0 aromatic heterocycles. The second kappa shape index (κ2) is 27.6. The molecular formula is C27H48N8O12Y. The second-order valence-corrected chi connectivity index (χ2v) is 10.1. The molecule has 8 amide bonds. The molecule has 0 bridgehead atoms. The first kappa shape index (κ1) is 46.8. The van der Waals surface area contributed by atoms with Crippen LogP contribution in [-0.2, 0) is 75.8 Å². The third-order valence-electron chi connectivity index (χ3n) is 6.19. The van der Waals surface area contributed by atoms with Crippen molar-refractivity contribution in [2.75, 3.05) is 66.8 Å². The van der Waals surface area contributed by atoms with Gasteiger partial charge in [-0.15, -0.1) is 0 Å². The summed E-state index contributed by atoms with van der Waals surface area (Å²) < 4.78 is 4.84. The van der Waals surface area contributed by atoms with E-state index in [-0.39, 0.29) is 71.9 Å². The van der Waals surface area contributed by atoms with E-state index in [4.69, 9.17) is 20.1 Å². The number of hydrogen-bond donors (Lipinski definition) is 11. The summed E-state index contributed by atoms with van der Waals surface area (Å²) >= 11 is 0. The summed E-state index contributed by atoms with van der Waals surface area (Å²) in [6, 6.07) is -4.67. The first-order valence-corrected chi connectivity index (χ1v) is 14.8. The van der Waals surface area contributed by atoms with Crippen molar-refractivity contribution in [3.63, 3.8) is 0 Å². The number of ether oxygens (including phenoxy) is 1. The Kier molecular flexibility index (Phi) is 27.0. The molecule has 0 aromatic carbocycles. The Morgan fingerprint density at radius 2 is 0.958 bits per heavy atom. The molecule has 48 heavy (non-hydrogen) atoms. The van der Waals surface area contributed by atoms with Crippen LogP contribution < -0.4 is 42.5 Å². The van der Waals surface area contributed by atoms with Gasteiger partial charge in [0.1, 0.15) is 18.1 Å². The second-order valence-electron chi connectivity index (χ2n) is 10.1. The van der Waals surface area contributed by atoms with Crippen LogP contribution in [0.4, 0.5) is 0 Å². The topological polar surface area (TPSA) is 303 Å². The average Bonchev–Trinajstić information content (AvgIpc) is 3.03. The Morgan fingerprint density at radius 1 is 0.542 bits per heavy atom. The molecule has 0 saturated carbocycles. The number of rotatable bonds is 24. The van der Waals surface area contributed by atoms with E-state index < -0.39 is 110 Å². The zero-order chi connectivity index (χ0) is 35.8. The predicted octanol–water partition coefficient (Wildman–Crippen LogP) is -6.53. The zero-order valence-corrected chi connectivity index (χ0v) is 30.2. The fourth-order valence-electron chi connectivity index (χ4n) is 3.73. The molecule has 21 heteroatoms. The summed E-state index contributed by atoms with van der Waals surface area (Å²) in [4.78, 5) is 101. The van der Waals surface area contributed by atoms with Crippen molar-refractivity contribution in [1.29, 1.82) is 0 Å². The monoisotopic (exact) mass is 765 g/mol. The molecule has 0 fully saturated rings. The first-order chi connectivity index (χ1) is 22.3. The zero-order valence-electron chi connectivity index (χ0n) is 27.4. The summed E-state index contributed by atoms with van der Waals surface area (Å²) in [5.41, 5.74) is 0. The van der Waals surface area contributed by atoms with Gasteiger partial charge < -0.3 is 62.6 Å². The van der Waals surface area contributed by atoms with Crippen LogP contribution in [0.1, 0.15) is 32.6 Å². The van der Waals surface area contributed by atoms with Gasteiger partial charge in [-0.25, -0.2) is 0 Å². The van der Waals surface area contributed by atoms with Crippen molar-refractivity contribution in [1.82, 2.24) is 42.5 Å². The standard InChI is InChI=1S/C27H48N8O12.Y/c1-16(12-21(40)30-7-11-47-3)24(43)34-18(26(45)32-6-10-38)15-23(42)33-19(14-22(41)29-4-8-36)27(46)35-17(13-20(39)28-2)25(44)31-5-9-37;/h16-19,36-38H,4-15H2,1-3H3,(H,28,39)(H,29,41)(H,30,40)(H,31,44)(H,32,45)(H,33,42)(H,34,43)(H,35,46);. The molecule has 4 unspecified atom stereocenters. The molecule has 0 aromatic rings. The van der Waals surface area contributed by atoms with Crippen molar-refractivity contribution in [3.8, 4) is 0 Å². The molecule has 11 N–H and O–H groups in total. The fourth-order valence-corrected chi connectivity index (χ4v) is 3.73. The summed E-state index contributed by atoms with van der Waals surface area (Å²) in [7, 11) is 2.75. The van der Waals surface area contributed by atoms with Gasteiger partial charge in [0.05, 0.1) is 45.7 Å². The van der Waals surface area contributed by atoms with Gasteiger partial charge >= 0.3 is 0 Å². The van der Waals surface area contributed by atoms with Gasteiger partial charge in [-0.3, -0.25) is 38.4 Å². The number of amides is 8. The summed E-state index contributed by atoms with van der Waals surface area (Å²) in [5.74, 6) is -7.34. The van der Waals surface area contributed by atoms with Crippen molar-refractivity contribution in [2.45, 2.75) is 50.7 Å². The van der Waals surface area contributed by atoms with E-state index in [1.165, 1.54) is 21.1 Å². The van der Waals surface area contributed by atoms with Crippen LogP contribution in [0.15, 0.2) is 0 Å². The van der Waals surface area contributed by atoms with Gasteiger partial charge in [-0.1, -0.05) is 6.92 Å². The molecule has 4 atom stereocenters. The number of carbonyl (C=O) groups excluding carboxylic acids is 8. The Balaban J connectivity index is 0. The number of aliphatic hydroxyl groups is 3. The predicted molar refractivity (Wildman–Crippen MR) is 163 cm³/mol. The van der Waals surface area contributed by atoms with Gasteiger partial charge in [-0.2, -0.15) is 0 Å². The Labute approximate surface area is 303 Å². The molecule has 0 spiro atoms. The van der Waals surface area contributed by atoms with Crippen LogP contribution in [0.25, 0.3) is 0 Å². The molecule has 0 saturated heterocycles. The molecule has 1 radical (unpaired) electrons. The van der Waals surface area contributed by atoms with Crippen LogP contribution in [-0.4, -0.2) is 147 Å². The van der Waals surface area contributed by atoms with E-state index in [0.717, 1.165) is 0 Å². The third-order valence-corrected chi connectivity index (χ3v) is 6.19.